The summed E-state index contributed by atoms with van der Waals surface area (Å²) in [6.07, 6.45) is 19.6. The molecule has 0 radical (unpaired) electrons. The van der Waals surface area contributed by atoms with Crippen molar-refractivity contribution in [2.45, 2.75) is 96.8 Å². The topological polar surface area (TPSA) is 0 Å². The van der Waals surface area contributed by atoms with Gasteiger partial charge >= 0.3 is 0 Å². The van der Waals surface area contributed by atoms with Crippen LogP contribution in [0.3, 0.4) is 0 Å². The van der Waals surface area contributed by atoms with E-state index in [9.17, 15) is 0 Å². The Morgan fingerprint density at radius 1 is 0.750 bits per heavy atom. The van der Waals surface area contributed by atoms with Crippen LogP contribution in [0.4, 0.5) is 0 Å². The molecule has 4 heteroatoms. The van der Waals surface area contributed by atoms with E-state index in [1.165, 1.54) is 89.9 Å². The number of unbranched alkanes of at least 4 members (excludes halogenated alkanes) is 13. The third-order valence-corrected chi connectivity index (χ3v) is 5.93. The Morgan fingerprint density at radius 2 is 1.17 bits per heavy atom. The first-order chi connectivity index (χ1) is 11.7. The van der Waals surface area contributed by atoms with E-state index < -0.39 is 0 Å². The lowest BCUT2D eigenvalue weighted by molar-refractivity contribution is 0.538. The summed E-state index contributed by atoms with van der Waals surface area (Å²) >= 11 is 16.2. The summed E-state index contributed by atoms with van der Waals surface area (Å²) in [5.74, 6) is 3.89. The molecule has 0 bridgehead atoms. The van der Waals surface area contributed by atoms with Gasteiger partial charge in [0, 0.05) is 5.75 Å². The Balaban J connectivity index is 3.17. The molecule has 0 nitrogen and oxygen atoms in total. The summed E-state index contributed by atoms with van der Waals surface area (Å²) in [6.45, 7) is 2.28. The highest BCUT2D eigenvalue weighted by Crippen LogP contribution is 2.19. The molecule has 0 amide bonds. The maximum atomic E-state index is 5.80. The molecular formula is C20H33BrCl2S. The van der Waals surface area contributed by atoms with Gasteiger partial charge in [0.15, 0.2) is 0 Å². The molecule has 0 rings (SSSR count). The Kier molecular flexibility index (Phi) is 20.6. The fraction of sp³-hybridized carbons (Fsp3) is 0.800. The van der Waals surface area contributed by atoms with Gasteiger partial charge in [0.05, 0.1) is 0 Å². The van der Waals surface area contributed by atoms with Gasteiger partial charge in [0.1, 0.15) is 8.97 Å². The SMILES string of the molecule is CCCCCCCCCCCCCCCCSC#C/C(Cl)=C(/Cl)Br. The van der Waals surface area contributed by atoms with Crippen LogP contribution < -0.4 is 0 Å². The number of rotatable bonds is 15. The Morgan fingerprint density at radius 3 is 1.58 bits per heavy atom. The maximum absolute atomic E-state index is 5.80. The van der Waals surface area contributed by atoms with Gasteiger partial charge in [-0.2, -0.15) is 0 Å². The average Bonchev–Trinajstić information content (AvgIpc) is 2.57. The highest BCUT2D eigenvalue weighted by atomic mass is 79.9. The van der Waals surface area contributed by atoms with Crippen LogP contribution in [0.25, 0.3) is 0 Å². The van der Waals surface area contributed by atoms with Crippen molar-refractivity contribution in [1.82, 2.24) is 0 Å². The third-order valence-electron chi connectivity index (χ3n) is 4.00. The molecule has 0 saturated carbocycles. The van der Waals surface area contributed by atoms with E-state index in [2.05, 4.69) is 34.0 Å². The molecule has 0 fully saturated rings. The molecule has 0 N–H and O–H groups in total. The zero-order valence-corrected chi connectivity index (χ0v) is 19.1. The summed E-state index contributed by atoms with van der Waals surface area (Å²) in [7, 11) is 0. The molecule has 0 heterocycles. The number of hydrogen-bond acceptors (Lipinski definition) is 1. The standard InChI is InChI=1S/C20H33BrCl2S/c1-2-3-4-5-6-7-8-9-10-11-12-13-14-15-17-24-18-16-19(22)20(21)23/h2-15,17H2,1H3/b20-19-. The summed E-state index contributed by atoms with van der Waals surface area (Å²) < 4.78 is 0.383. The molecule has 0 saturated heterocycles. The summed E-state index contributed by atoms with van der Waals surface area (Å²) in [5, 5.41) is 3.36. The van der Waals surface area contributed by atoms with Crippen LogP contribution in [0, 0.1) is 11.2 Å². The normalized spacial score (nSPS) is 11.8. The van der Waals surface area contributed by atoms with E-state index in [4.69, 9.17) is 23.2 Å². The van der Waals surface area contributed by atoms with E-state index in [0.29, 0.717) is 8.97 Å². The van der Waals surface area contributed by atoms with Crippen molar-refractivity contribution >= 4 is 50.9 Å². The smallest absolute Gasteiger partial charge is 0.0747 e. The number of thioether (sulfide) groups is 1. The second kappa shape index (κ2) is 20.0. The average molecular weight is 456 g/mol. The lowest BCUT2D eigenvalue weighted by Crippen LogP contribution is -1.84. The Labute approximate surface area is 173 Å². The quantitative estimate of drug-likeness (QED) is 0.175. The Hall–Kier alpha value is 0.710. The summed E-state index contributed by atoms with van der Waals surface area (Å²) in [5.41, 5.74) is 0. The summed E-state index contributed by atoms with van der Waals surface area (Å²) in [6, 6.07) is 0. The number of halogens is 3. The molecule has 0 aliphatic carbocycles. The Bertz CT molecular complexity index is 368. The molecular weight excluding hydrogens is 423 g/mol. The van der Waals surface area contributed by atoms with Crippen molar-refractivity contribution in [3.63, 3.8) is 0 Å². The van der Waals surface area contributed by atoms with Crippen molar-refractivity contribution in [2.75, 3.05) is 5.75 Å². The summed E-state index contributed by atoms with van der Waals surface area (Å²) in [4.78, 5) is 0. The van der Waals surface area contributed by atoms with Crippen molar-refractivity contribution in [3.05, 3.63) is 8.97 Å². The van der Waals surface area contributed by atoms with Crippen molar-refractivity contribution in [2.24, 2.45) is 0 Å². The predicted octanol–water partition coefficient (Wildman–Crippen LogP) is 9.20. The molecule has 0 aromatic rings. The van der Waals surface area contributed by atoms with E-state index in [1.54, 1.807) is 11.8 Å². The van der Waals surface area contributed by atoms with Crippen molar-refractivity contribution in [3.8, 4) is 11.2 Å². The van der Waals surface area contributed by atoms with Gasteiger partial charge < -0.3 is 0 Å². The monoisotopic (exact) mass is 454 g/mol. The van der Waals surface area contributed by atoms with E-state index in [1.807, 2.05) is 0 Å². The molecule has 0 aromatic heterocycles. The lowest BCUT2D eigenvalue weighted by atomic mass is 10.0. The second-order valence-electron chi connectivity index (χ2n) is 6.25. The van der Waals surface area contributed by atoms with Gasteiger partial charge in [-0.15, -0.1) is 0 Å². The van der Waals surface area contributed by atoms with Crippen LogP contribution in [-0.2, 0) is 0 Å². The first-order valence-electron chi connectivity index (χ1n) is 9.52. The fourth-order valence-electron chi connectivity index (χ4n) is 2.55. The lowest BCUT2D eigenvalue weighted by Gasteiger charge is -2.02. The highest BCUT2D eigenvalue weighted by Gasteiger charge is 1.95. The van der Waals surface area contributed by atoms with E-state index in [0.717, 1.165) is 5.75 Å². The zero-order valence-electron chi connectivity index (χ0n) is 15.1. The minimum absolute atomic E-state index is 0.380. The molecule has 0 unspecified atom stereocenters. The molecule has 24 heavy (non-hydrogen) atoms. The van der Waals surface area contributed by atoms with Crippen LogP contribution in [0.2, 0.25) is 0 Å². The van der Waals surface area contributed by atoms with Gasteiger partial charge in [-0.05, 0) is 33.5 Å². The largest absolute Gasteiger partial charge is 0.117 e. The molecule has 0 spiro atoms. The molecule has 0 atom stereocenters. The van der Waals surface area contributed by atoms with E-state index >= 15 is 0 Å². The third kappa shape index (κ3) is 19.0. The van der Waals surface area contributed by atoms with Crippen molar-refractivity contribution in [1.29, 1.82) is 0 Å². The second-order valence-corrected chi connectivity index (χ2v) is 9.15. The van der Waals surface area contributed by atoms with Crippen LogP contribution in [-0.4, -0.2) is 5.75 Å². The van der Waals surface area contributed by atoms with E-state index in [-0.39, 0.29) is 0 Å². The highest BCUT2D eigenvalue weighted by molar-refractivity contribution is 9.12. The fourth-order valence-corrected chi connectivity index (χ4v) is 3.42. The number of hydrogen-bond donors (Lipinski definition) is 0. The van der Waals surface area contributed by atoms with Gasteiger partial charge in [-0.1, -0.05) is 125 Å². The van der Waals surface area contributed by atoms with Gasteiger partial charge in [0.25, 0.3) is 0 Å². The first kappa shape index (κ1) is 24.7. The molecule has 0 aliphatic rings. The van der Waals surface area contributed by atoms with Gasteiger partial charge in [-0.25, -0.2) is 0 Å². The van der Waals surface area contributed by atoms with Gasteiger partial charge in [0.2, 0.25) is 0 Å². The van der Waals surface area contributed by atoms with Crippen LogP contribution in [0.5, 0.6) is 0 Å². The number of allylic oxidation sites excluding steroid dienone is 1. The van der Waals surface area contributed by atoms with Crippen LogP contribution >= 0.6 is 50.9 Å². The minimum atomic E-state index is 0.380. The minimum Gasteiger partial charge on any atom is -0.0747 e. The predicted molar refractivity (Wildman–Crippen MR) is 118 cm³/mol. The van der Waals surface area contributed by atoms with Crippen molar-refractivity contribution < 1.29 is 0 Å². The van der Waals surface area contributed by atoms with Crippen LogP contribution in [0.1, 0.15) is 96.8 Å². The van der Waals surface area contributed by atoms with Gasteiger partial charge in [-0.3, -0.25) is 0 Å². The molecule has 0 aliphatic heterocycles. The molecule has 140 valence electrons. The first-order valence-corrected chi connectivity index (χ1v) is 12.1. The zero-order chi connectivity index (χ0) is 17.9. The molecule has 0 aromatic carbocycles. The van der Waals surface area contributed by atoms with Crippen LogP contribution in [0.15, 0.2) is 8.97 Å². The maximum Gasteiger partial charge on any atom is 0.117 e.